The average molecular weight is 1750 g/mol. The van der Waals surface area contributed by atoms with Crippen molar-refractivity contribution in [3.05, 3.63) is 284 Å². The second-order valence-corrected chi connectivity index (χ2v) is 29.9. The molecule has 0 unspecified atom stereocenters. The number of benzene rings is 10. The monoisotopic (exact) mass is 1750 g/mol. The average Bonchev–Trinajstić information content (AvgIpc) is 0.773. The number of amides is 1. The van der Waals surface area contributed by atoms with Crippen LogP contribution in [-0.4, -0.2) is 119 Å². The van der Waals surface area contributed by atoms with Crippen LogP contribution in [0.5, 0.6) is 92.0 Å². The standard InChI is InChI=1S/C36H27F4N3O7.2C27H21FN4O5S/c1-45-29-15-22-24(17-31(29)47-3)41-13-11-26(22)49-20-7-5-19(6-8-20)43-35(44)21-9-10-28(34(37)33(21)36(38,39)40)50-27-12-14-42-25-18-32(48-4)30(46-2)16-23(25)27;1-35-25-15-20-22(16-26(25)36-2)29-12-9-23(20)37-24-8-7-18(14-21(24)28)32-38(33,34)19-6-3-5-17(13-19)27-30-10-4-11-31-27;1-35-25-15-20-23(16-26(25)36-2)29-12-9-24(20)37-18-7-8-22(21(28)14-18)32-38(33,34)19-6-3-5-17(13-19)27-30-10-4-11-31-27/h5-18H,1-4H3,(H,43,44);2*3-16,32H,1-2H3. The number of hydrogen-bond donors (Lipinski definition) is 3. The summed E-state index contributed by atoms with van der Waals surface area (Å²) in [7, 11) is 3.79. The Morgan fingerprint density at radius 2 is 0.698 bits per heavy atom. The number of carbonyl (C=O) groups excluding carboxylic acids is 1. The Labute approximate surface area is 714 Å². The second-order valence-electron chi connectivity index (χ2n) is 26.5. The van der Waals surface area contributed by atoms with Crippen LogP contribution in [0.2, 0.25) is 0 Å². The van der Waals surface area contributed by atoms with E-state index in [1.165, 1.54) is 154 Å². The van der Waals surface area contributed by atoms with Gasteiger partial charge >= 0.3 is 6.18 Å². The topological polar surface area (TPSA) is 335 Å². The molecule has 36 heteroatoms. The highest BCUT2D eigenvalue weighted by Gasteiger charge is 2.41. The molecule has 0 fully saturated rings. The molecule has 0 saturated carbocycles. The molecule has 16 rings (SSSR count). The summed E-state index contributed by atoms with van der Waals surface area (Å²) in [4.78, 5) is 46.8. The summed E-state index contributed by atoms with van der Waals surface area (Å²) in [5, 5.41) is 4.55. The molecule has 28 nitrogen and oxygen atoms in total. The van der Waals surface area contributed by atoms with Crippen molar-refractivity contribution in [3.63, 3.8) is 0 Å². The predicted octanol–water partition coefficient (Wildman–Crippen LogP) is 19.7. The number of rotatable bonds is 26. The summed E-state index contributed by atoms with van der Waals surface area (Å²) in [5.74, 6) is 0.649. The van der Waals surface area contributed by atoms with Crippen LogP contribution in [0.4, 0.5) is 43.4 Å². The van der Waals surface area contributed by atoms with Gasteiger partial charge in [-0.3, -0.25) is 34.2 Å². The summed E-state index contributed by atoms with van der Waals surface area (Å²) in [6, 6.07) is 50.4. The highest BCUT2D eigenvalue weighted by atomic mass is 32.2. The van der Waals surface area contributed by atoms with E-state index in [9.17, 15) is 39.2 Å². The molecule has 0 radical (unpaired) electrons. The number of nitrogens with zero attached hydrogens (tertiary/aromatic N) is 8. The molecular weight excluding hydrogens is 1690 g/mol. The number of pyridine rings is 4. The Morgan fingerprint density at radius 3 is 1.10 bits per heavy atom. The Kier molecular flexibility index (Phi) is 25.9. The number of alkyl halides is 3. The molecule has 0 bridgehead atoms. The fraction of sp³-hybridized carbons (Fsp3) is 0.100. The number of methoxy groups -OCH3 is 8. The van der Waals surface area contributed by atoms with Crippen molar-refractivity contribution in [1.29, 1.82) is 0 Å². The molecule has 0 aliphatic rings. The number of aromatic nitrogens is 8. The number of nitrogens with one attached hydrogen (secondary N) is 3. The highest BCUT2D eigenvalue weighted by molar-refractivity contribution is 7.93. The molecule has 0 aliphatic carbocycles. The van der Waals surface area contributed by atoms with E-state index in [-0.39, 0.29) is 44.1 Å². The van der Waals surface area contributed by atoms with Crippen LogP contribution in [-0.2, 0) is 26.2 Å². The van der Waals surface area contributed by atoms with Gasteiger partial charge in [-0.1, -0.05) is 24.3 Å². The van der Waals surface area contributed by atoms with Gasteiger partial charge in [0.2, 0.25) is 0 Å². The van der Waals surface area contributed by atoms with Crippen LogP contribution in [0.15, 0.2) is 266 Å². The van der Waals surface area contributed by atoms with Crippen molar-refractivity contribution in [3.8, 4) is 115 Å². The Balaban J connectivity index is 0.000000156. The van der Waals surface area contributed by atoms with Gasteiger partial charge in [0.25, 0.3) is 26.0 Å². The Hall–Kier alpha value is -15.9. The third-order valence-corrected chi connectivity index (χ3v) is 21.5. The van der Waals surface area contributed by atoms with Crippen LogP contribution in [0.3, 0.4) is 0 Å². The molecular formula is C90H69F6N11O17S2. The lowest BCUT2D eigenvalue weighted by atomic mass is 10.0. The first-order chi connectivity index (χ1) is 60.8. The van der Waals surface area contributed by atoms with E-state index in [2.05, 4.69) is 54.6 Å². The molecule has 16 aromatic rings. The summed E-state index contributed by atoms with van der Waals surface area (Å²) in [5.41, 5.74) is 0.340. The van der Waals surface area contributed by atoms with Crippen molar-refractivity contribution in [2.24, 2.45) is 0 Å². The number of fused-ring (bicyclic) bond motifs is 4. The van der Waals surface area contributed by atoms with Crippen molar-refractivity contribution in [1.82, 2.24) is 39.9 Å². The van der Waals surface area contributed by atoms with Crippen LogP contribution in [0.25, 0.3) is 66.4 Å². The minimum atomic E-state index is -5.25. The summed E-state index contributed by atoms with van der Waals surface area (Å²) in [6.45, 7) is 0. The molecule has 6 heterocycles. The van der Waals surface area contributed by atoms with Gasteiger partial charge in [-0.2, -0.15) is 13.2 Å². The van der Waals surface area contributed by atoms with Gasteiger partial charge in [0.15, 0.2) is 86.6 Å². The first-order valence-electron chi connectivity index (χ1n) is 37.2. The number of halogens is 6. The lowest BCUT2D eigenvalue weighted by Crippen LogP contribution is -2.20. The summed E-state index contributed by atoms with van der Waals surface area (Å²) in [6.07, 6.45) is 6.98. The minimum Gasteiger partial charge on any atom is -0.493 e. The zero-order valence-corrected chi connectivity index (χ0v) is 69.0. The van der Waals surface area contributed by atoms with E-state index in [0.717, 1.165) is 24.3 Å². The Morgan fingerprint density at radius 1 is 0.325 bits per heavy atom. The molecule has 0 atom stereocenters. The molecule has 126 heavy (non-hydrogen) atoms. The largest absolute Gasteiger partial charge is 0.493 e. The van der Waals surface area contributed by atoms with E-state index in [1.54, 1.807) is 134 Å². The van der Waals surface area contributed by atoms with Gasteiger partial charge in [-0.05, 0) is 146 Å². The van der Waals surface area contributed by atoms with Gasteiger partial charge in [0, 0.05) is 124 Å². The maximum Gasteiger partial charge on any atom is 0.420 e. The van der Waals surface area contributed by atoms with Crippen LogP contribution in [0, 0.1) is 17.5 Å². The molecule has 0 aliphatic heterocycles. The highest BCUT2D eigenvalue weighted by Crippen LogP contribution is 2.45. The zero-order valence-electron chi connectivity index (χ0n) is 67.4. The van der Waals surface area contributed by atoms with Gasteiger partial charge in [-0.15, -0.1) is 0 Å². The quantitative estimate of drug-likeness (QED) is 0.0424. The minimum absolute atomic E-state index is 0.00103. The normalized spacial score (nSPS) is 11.3. The van der Waals surface area contributed by atoms with Crippen LogP contribution >= 0.6 is 0 Å². The third-order valence-electron chi connectivity index (χ3n) is 18.8. The fourth-order valence-electron chi connectivity index (χ4n) is 12.8. The first-order valence-corrected chi connectivity index (χ1v) is 40.2. The van der Waals surface area contributed by atoms with Crippen molar-refractivity contribution < 1.29 is 105 Å². The maximum absolute atomic E-state index is 15.6. The predicted molar refractivity (Wildman–Crippen MR) is 455 cm³/mol. The van der Waals surface area contributed by atoms with Gasteiger partial charge in [0.1, 0.15) is 40.1 Å². The lowest BCUT2D eigenvalue weighted by Gasteiger charge is -2.17. The molecule has 0 saturated heterocycles. The zero-order chi connectivity index (χ0) is 89.0. The molecule has 10 aromatic carbocycles. The van der Waals surface area contributed by atoms with Gasteiger partial charge in [-0.25, -0.2) is 49.9 Å². The van der Waals surface area contributed by atoms with E-state index in [0.29, 0.717) is 135 Å². The maximum atomic E-state index is 15.6. The van der Waals surface area contributed by atoms with E-state index in [4.69, 9.17) is 56.8 Å². The second kappa shape index (κ2) is 37.6. The number of hydrogen-bond acceptors (Lipinski definition) is 25. The first kappa shape index (κ1) is 86.5. The molecule has 6 aromatic heterocycles. The number of ether oxygens (including phenoxy) is 12. The number of carbonyl (C=O) groups is 1. The van der Waals surface area contributed by atoms with Gasteiger partial charge < -0.3 is 62.2 Å². The fourth-order valence-corrected chi connectivity index (χ4v) is 15.0. The van der Waals surface area contributed by atoms with E-state index >= 15 is 8.78 Å². The molecule has 640 valence electrons. The van der Waals surface area contributed by atoms with Gasteiger partial charge in [0.05, 0.1) is 106 Å². The molecule has 1 amide bonds. The van der Waals surface area contributed by atoms with Crippen LogP contribution < -0.4 is 71.6 Å². The molecule has 3 N–H and O–H groups in total. The van der Waals surface area contributed by atoms with Crippen LogP contribution in [0.1, 0.15) is 15.9 Å². The van der Waals surface area contributed by atoms with E-state index in [1.807, 2.05) is 0 Å². The van der Waals surface area contributed by atoms with Crippen molar-refractivity contribution in [2.45, 2.75) is 16.0 Å². The SMILES string of the molecule is COc1cc2nccc(Oc3ccc(NC(=O)c4ccc(Oc5ccnc6cc(OC)c(OC)cc56)c(F)c4C(F)(F)F)cc3)c2cc1OC.COc1cc2nccc(Oc3ccc(NS(=O)(=O)c4cccc(-c5ncccn5)c4)c(F)c3)c2cc1OC.COc1cc2nccc(Oc3ccc(NS(=O)(=O)c4cccc(-c5ncccn5)c4)cc3F)c2cc1OC. The van der Waals surface area contributed by atoms with Crippen molar-refractivity contribution >= 4 is 86.6 Å². The number of anilines is 3. The van der Waals surface area contributed by atoms with Crippen molar-refractivity contribution in [2.75, 3.05) is 71.6 Å². The number of sulfonamides is 2. The third kappa shape index (κ3) is 19.4. The Bertz CT molecular complexity index is 7010. The summed E-state index contributed by atoms with van der Waals surface area (Å²) >= 11 is 0. The smallest absolute Gasteiger partial charge is 0.420 e. The lowest BCUT2D eigenvalue weighted by molar-refractivity contribution is -0.140. The van der Waals surface area contributed by atoms with E-state index < -0.39 is 66.5 Å². The summed E-state index contributed by atoms with van der Waals surface area (Å²) < 4.78 is 211. The molecule has 0 spiro atoms.